The van der Waals surface area contributed by atoms with Gasteiger partial charge in [0.15, 0.2) is 0 Å². The number of primary sulfonamides is 1. The Bertz CT molecular complexity index is 682. The monoisotopic (exact) mass is 325 g/mol. The minimum absolute atomic E-state index is 0.0633. The Morgan fingerprint density at radius 2 is 1.67 bits per heavy atom. The first-order valence-corrected chi connectivity index (χ1v) is 8.66. The number of rotatable bonds is 6. The van der Waals surface area contributed by atoms with Crippen LogP contribution in [0.5, 0.6) is 11.5 Å². The van der Waals surface area contributed by atoms with E-state index in [2.05, 4.69) is 0 Å². The Hall–Kier alpha value is -1.70. The van der Waals surface area contributed by atoms with Gasteiger partial charge in [-0.05, 0) is 48.5 Å². The van der Waals surface area contributed by atoms with Crippen LogP contribution in [0.2, 0.25) is 0 Å². The van der Waals surface area contributed by atoms with Crippen LogP contribution in [0.3, 0.4) is 0 Å². The number of benzene rings is 2. The second kappa shape index (κ2) is 6.84. The second-order valence-corrected chi connectivity index (χ2v) is 6.94. The molecule has 21 heavy (non-hydrogen) atoms. The van der Waals surface area contributed by atoms with Crippen LogP contribution >= 0.6 is 11.8 Å². The van der Waals surface area contributed by atoms with E-state index in [1.165, 1.54) is 12.1 Å². The topological polar surface area (TPSA) is 89.6 Å². The zero-order chi connectivity index (χ0) is 15.3. The molecule has 0 spiro atoms. The van der Waals surface area contributed by atoms with Crippen molar-refractivity contribution in [3.05, 3.63) is 48.5 Å². The van der Waals surface area contributed by atoms with Gasteiger partial charge in [-0.15, -0.1) is 11.8 Å². The number of nitrogens with two attached hydrogens (primary N) is 1. The van der Waals surface area contributed by atoms with Gasteiger partial charge in [-0.1, -0.05) is 0 Å². The summed E-state index contributed by atoms with van der Waals surface area (Å²) in [4.78, 5) is 1.11. The summed E-state index contributed by atoms with van der Waals surface area (Å²) in [7, 11) is -3.66. The van der Waals surface area contributed by atoms with Gasteiger partial charge in [0, 0.05) is 10.6 Å². The van der Waals surface area contributed by atoms with Crippen molar-refractivity contribution in [2.24, 2.45) is 5.14 Å². The first-order chi connectivity index (χ1) is 9.95. The van der Waals surface area contributed by atoms with Crippen LogP contribution in [0.15, 0.2) is 58.3 Å². The molecule has 3 N–H and O–H groups in total. The minimum atomic E-state index is -3.66. The lowest BCUT2D eigenvalue weighted by Gasteiger charge is -2.07. The fraction of sp³-hybridized carbons (Fsp3) is 0.143. The summed E-state index contributed by atoms with van der Waals surface area (Å²) in [6.07, 6.45) is 0. The van der Waals surface area contributed by atoms with Crippen LogP contribution < -0.4 is 9.88 Å². The number of sulfonamides is 1. The molecule has 2 aromatic carbocycles. The average Bonchev–Trinajstić information content (AvgIpc) is 2.45. The van der Waals surface area contributed by atoms with Gasteiger partial charge in [0.1, 0.15) is 11.5 Å². The highest BCUT2D eigenvalue weighted by molar-refractivity contribution is 7.99. The Morgan fingerprint density at radius 1 is 1.05 bits per heavy atom. The van der Waals surface area contributed by atoms with E-state index < -0.39 is 10.0 Å². The molecule has 5 nitrogen and oxygen atoms in total. The van der Waals surface area contributed by atoms with Gasteiger partial charge in [-0.2, -0.15) is 0 Å². The Morgan fingerprint density at radius 3 is 2.24 bits per heavy atom. The zero-order valence-corrected chi connectivity index (χ0v) is 12.7. The van der Waals surface area contributed by atoms with Crippen molar-refractivity contribution in [3.63, 3.8) is 0 Å². The summed E-state index contributed by atoms with van der Waals surface area (Å²) >= 11 is 1.60. The smallest absolute Gasteiger partial charge is 0.238 e. The quantitative estimate of drug-likeness (QED) is 0.628. The van der Waals surface area contributed by atoms with E-state index in [1.54, 1.807) is 36.0 Å². The maximum atomic E-state index is 11.1. The SMILES string of the molecule is NS(=O)(=O)c1ccc(OCCSc2ccc(O)cc2)cc1. The lowest BCUT2D eigenvalue weighted by atomic mass is 10.3. The van der Waals surface area contributed by atoms with Crippen LogP contribution in [-0.2, 0) is 10.0 Å². The van der Waals surface area contributed by atoms with Crippen LogP contribution in [0, 0.1) is 0 Å². The van der Waals surface area contributed by atoms with Crippen molar-refractivity contribution >= 4 is 21.8 Å². The van der Waals surface area contributed by atoms with Gasteiger partial charge < -0.3 is 9.84 Å². The summed E-state index contributed by atoms with van der Waals surface area (Å²) in [5, 5.41) is 14.2. The van der Waals surface area contributed by atoms with Crippen molar-refractivity contribution in [1.82, 2.24) is 0 Å². The van der Waals surface area contributed by atoms with Gasteiger partial charge in [-0.25, -0.2) is 13.6 Å². The predicted octanol–water partition coefficient (Wildman–Crippen LogP) is 2.21. The molecule has 0 aliphatic carbocycles. The predicted molar refractivity (Wildman–Crippen MR) is 82.1 cm³/mol. The molecule has 112 valence electrons. The number of hydrogen-bond donors (Lipinski definition) is 2. The summed E-state index contributed by atoms with van der Waals surface area (Å²) in [5.41, 5.74) is 0. The van der Waals surface area contributed by atoms with Gasteiger partial charge >= 0.3 is 0 Å². The molecule has 0 atom stereocenters. The average molecular weight is 325 g/mol. The number of ether oxygens (including phenoxy) is 1. The molecular formula is C14H15NO4S2. The molecule has 0 saturated heterocycles. The number of phenols is 1. The molecule has 2 rings (SSSR count). The maximum absolute atomic E-state index is 11.1. The fourth-order valence-electron chi connectivity index (χ4n) is 1.59. The highest BCUT2D eigenvalue weighted by Crippen LogP contribution is 2.21. The molecule has 0 radical (unpaired) electrons. The lowest BCUT2D eigenvalue weighted by molar-refractivity contribution is 0.343. The third-order valence-electron chi connectivity index (χ3n) is 2.61. The van der Waals surface area contributed by atoms with Crippen molar-refractivity contribution in [1.29, 1.82) is 0 Å². The fourth-order valence-corrected chi connectivity index (χ4v) is 2.83. The third-order valence-corrected chi connectivity index (χ3v) is 4.52. The number of hydrogen-bond acceptors (Lipinski definition) is 5. The maximum Gasteiger partial charge on any atom is 0.238 e. The van der Waals surface area contributed by atoms with E-state index >= 15 is 0 Å². The van der Waals surface area contributed by atoms with E-state index in [1.807, 2.05) is 12.1 Å². The van der Waals surface area contributed by atoms with Crippen LogP contribution in [0.4, 0.5) is 0 Å². The standard InChI is InChI=1S/C14H15NO4S2/c15-21(17,18)14-7-3-12(4-8-14)19-9-10-20-13-5-1-11(16)2-6-13/h1-8,16H,9-10H2,(H2,15,17,18). The van der Waals surface area contributed by atoms with Crippen molar-refractivity contribution in [2.75, 3.05) is 12.4 Å². The molecule has 0 aliphatic heterocycles. The number of phenolic OH excluding ortho intramolecular Hbond substituents is 1. The summed E-state index contributed by atoms with van der Waals surface area (Å²) in [6.45, 7) is 0.486. The van der Waals surface area contributed by atoms with E-state index in [0.717, 1.165) is 10.6 Å². The van der Waals surface area contributed by atoms with E-state index in [9.17, 15) is 13.5 Å². The summed E-state index contributed by atoms with van der Waals surface area (Å²) in [6, 6.07) is 12.9. The van der Waals surface area contributed by atoms with E-state index in [4.69, 9.17) is 9.88 Å². The zero-order valence-electron chi connectivity index (χ0n) is 11.1. The van der Waals surface area contributed by atoms with Crippen molar-refractivity contribution in [3.8, 4) is 11.5 Å². The largest absolute Gasteiger partial charge is 0.508 e. The molecule has 0 heterocycles. The van der Waals surface area contributed by atoms with Crippen LogP contribution in [0.25, 0.3) is 0 Å². The molecule has 7 heteroatoms. The molecule has 0 amide bonds. The summed E-state index contributed by atoms with van der Waals surface area (Å²) in [5.74, 6) is 1.57. The van der Waals surface area contributed by atoms with Crippen molar-refractivity contribution in [2.45, 2.75) is 9.79 Å². The Labute approximate surface area is 127 Å². The van der Waals surface area contributed by atoms with Gasteiger partial charge in [-0.3, -0.25) is 0 Å². The molecule has 0 saturated carbocycles. The molecule has 0 unspecified atom stereocenters. The van der Waals surface area contributed by atoms with E-state index in [0.29, 0.717) is 12.4 Å². The molecule has 2 aromatic rings. The lowest BCUT2D eigenvalue weighted by Crippen LogP contribution is -2.11. The number of thioether (sulfide) groups is 1. The van der Waals surface area contributed by atoms with Gasteiger partial charge in [0.2, 0.25) is 10.0 Å². The molecule has 0 fully saturated rings. The molecular weight excluding hydrogens is 310 g/mol. The minimum Gasteiger partial charge on any atom is -0.508 e. The van der Waals surface area contributed by atoms with E-state index in [-0.39, 0.29) is 10.6 Å². The second-order valence-electron chi connectivity index (χ2n) is 4.21. The first kappa shape index (κ1) is 15.7. The van der Waals surface area contributed by atoms with Crippen molar-refractivity contribution < 1.29 is 18.3 Å². The van der Waals surface area contributed by atoms with Crippen LogP contribution in [-0.4, -0.2) is 25.9 Å². The first-order valence-electron chi connectivity index (χ1n) is 6.13. The number of aromatic hydroxyl groups is 1. The van der Waals surface area contributed by atoms with Gasteiger partial charge in [0.05, 0.1) is 11.5 Å². The Kier molecular flexibility index (Phi) is 5.11. The van der Waals surface area contributed by atoms with Gasteiger partial charge in [0.25, 0.3) is 0 Å². The molecule has 0 aliphatic rings. The Balaban J connectivity index is 1.80. The normalized spacial score (nSPS) is 11.3. The molecule has 0 aromatic heterocycles. The summed E-state index contributed by atoms with van der Waals surface area (Å²) < 4.78 is 27.7. The molecule has 0 bridgehead atoms. The highest BCUT2D eigenvalue weighted by atomic mass is 32.2. The van der Waals surface area contributed by atoms with Crippen LogP contribution in [0.1, 0.15) is 0 Å². The third kappa shape index (κ3) is 4.96. The highest BCUT2D eigenvalue weighted by Gasteiger charge is 2.06.